The van der Waals surface area contributed by atoms with Gasteiger partial charge in [0, 0.05) is 49.5 Å². The number of anilines is 1. The van der Waals surface area contributed by atoms with Gasteiger partial charge < -0.3 is 9.64 Å². The molecule has 1 aliphatic heterocycles. The van der Waals surface area contributed by atoms with Crippen LogP contribution in [0.15, 0.2) is 16.7 Å². The summed E-state index contributed by atoms with van der Waals surface area (Å²) in [4.78, 5) is 19.0. The van der Waals surface area contributed by atoms with Gasteiger partial charge in [0.15, 0.2) is 0 Å². The lowest BCUT2D eigenvalue weighted by Crippen LogP contribution is -2.59. The normalized spacial score (nSPS) is 15.5. The second kappa shape index (κ2) is 6.47. The predicted octanol–water partition coefficient (Wildman–Crippen LogP) is 1.52. The zero-order valence-corrected chi connectivity index (χ0v) is 13.0. The van der Waals surface area contributed by atoms with E-state index < -0.39 is 4.92 Å². The Kier molecular flexibility index (Phi) is 4.90. The van der Waals surface area contributed by atoms with Crippen molar-refractivity contribution in [1.29, 1.82) is 0 Å². The Hall–Kier alpha value is -1.25. The summed E-state index contributed by atoms with van der Waals surface area (Å²) in [7, 11) is 3.71. The SMILES string of the molecule is COCCN(C)C1CN(c2ncc(Br)cc2[N+](=O)[O-])C1. The van der Waals surface area contributed by atoms with Gasteiger partial charge in [-0.05, 0) is 23.0 Å². The maximum atomic E-state index is 11.1. The summed E-state index contributed by atoms with van der Waals surface area (Å²) < 4.78 is 5.66. The van der Waals surface area contributed by atoms with E-state index in [0.717, 1.165) is 19.6 Å². The molecule has 2 heterocycles. The number of pyridine rings is 1. The van der Waals surface area contributed by atoms with Crippen LogP contribution in [0.1, 0.15) is 0 Å². The zero-order valence-electron chi connectivity index (χ0n) is 11.5. The molecule has 1 saturated heterocycles. The van der Waals surface area contributed by atoms with Gasteiger partial charge in [-0.2, -0.15) is 0 Å². The number of hydrogen-bond donors (Lipinski definition) is 0. The van der Waals surface area contributed by atoms with E-state index in [1.807, 2.05) is 11.9 Å². The zero-order chi connectivity index (χ0) is 14.7. The molecule has 7 nitrogen and oxygen atoms in total. The maximum Gasteiger partial charge on any atom is 0.312 e. The molecule has 2 rings (SSSR count). The van der Waals surface area contributed by atoms with Crippen LogP contribution in [0.3, 0.4) is 0 Å². The van der Waals surface area contributed by atoms with Crippen LogP contribution in [0.25, 0.3) is 0 Å². The van der Waals surface area contributed by atoms with Crippen molar-refractivity contribution in [2.45, 2.75) is 6.04 Å². The molecule has 20 heavy (non-hydrogen) atoms. The van der Waals surface area contributed by atoms with Gasteiger partial charge in [-0.15, -0.1) is 0 Å². The van der Waals surface area contributed by atoms with Crippen LogP contribution in [0, 0.1) is 10.1 Å². The van der Waals surface area contributed by atoms with Crippen molar-refractivity contribution in [3.05, 3.63) is 26.9 Å². The Morgan fingerprint density at radius 1 is 1.65 bits per heavy atom. The van der Waals surface area contributed by atoms with Crippen molar-refractivity contribution in [3.8, 4) is 0 Å². The summed E-state index contributed by atoms with van der Waals surface area (Å²) in [5.41, 5.74) is 0.0392. The van der Waals surface area contributed by atoms with E-state index in [9.17, 15) is 10.1 Å². The Labute approximate surface area is 125 Å². The highest BCUT2D eigenvalue weighted by molar-refractivity contribution is 9.10. The lowest BCUT2D eigenvalue weighted by atomic mass is 10.1. The lowest BCUT2D eigenvalue weighted by Gasteiger charge is -2.44. The first-order valence-corrected chi connectivity index (χ1v) is 7.06. The number of methoxy groups -OCH3 is 1. The molecule has 8 heteroatoms. The molecule has 110 valence electrons. The van der Waals surface area contributed by atoms with Crippen LogP contribution in [0.4, 0.5) is 11.5 Å². The van der Waals surface area contributed by atoms with Crippen LogP contribution in [-0.2, 0) is 4.74 Å². The minimum Gasteiger partial charge on any atom is -0.383 e. The third-order valence-corrected chi connectivity index (χ3v) is 3.88. The van der Waals surface area contributed by atoms with Gasteiger partial charge in [-0.1, -0.05) is 0 Å². The largest absolute Gasteiger partial charge is 0.383 e. The fourth-order valence-corrected chi connectivity index (χ4v) is 2.44. The van der Waals surface area contributed by atoms with Crippen LogP contribution in [-0.4, -0.2) is 61.2 Å². The number of rotatable bonds is 6. The summed E-state index contributed by atoms with van der Waals surface area (Å²) in [6.07, 6.45) is 1.59. The number of hydrogen-bond acceptors (Lipinski definition) is 6. The summed E-state index contributed by atoms with van der Waals surface area (Å²) in [6, 6.07) is 1.87. The van der Waals surface area contributed by atoms with Crippen molar-refractivity contribution < 1.29 is 9.66 Å². The van der Waals surface area contributed by atoms with Gasteiger partial charge in [-0.25, -0.2) is 4.98 Å². The monoisotopic (exact) mass is 344 g/mol. The number of nitro groups is 1. The lowest BCUT2D eigenvalue weighted by molar-refractivity contribution is -0.384. The average molecular weight is 345 g/mol. The Morgan fingerprint density at radius 2 is 2.35 bits per heavy atom. The topological polar surface area (TPSA) is 71.7 Å². The van der Waals surface area contributed by atoms with Crippen LogP contribution in [0.5, 0.6) is 0 Å². The van der Waals surface area contributed by atoms with Gasteiger partial charge in [0.05, 0.1) is 11.5 Å². The number of halogens is 1. The number of nitrogens with zero attached hydrogens (tertiary/aromatic N) is 4. The van der Waals surface area contributed by atoms with Crippen LogP contribution < -0.4 is 4.90 Å². The molecule has 1 fully saturated rings. The van der Waals surface area contributed by atoms with Gasteiger partial charge >= 0.3 is 5.69 Å². The van der Waals surface area contributed by atoms with Gasteiger partial charge in [0.1, 0.15) is 0 Å². The molecule has 0 atom stereocenters. The molecule has 1 aromatic rings. The van der Waals surface area contributed by atoms with Crippen molar-refractivity contribution in [2.75, 3.05) is 45.3 Å². The van der Waals surface area contributed by atoms with E-state index in [2.05, 4.69) is 25.8 Å². The first-order valence-electron chi connectivity index (χ1n) is 6.27. The molecule has 0 unspecified atom stereocenters. The Bertz CT molecular complexity index is 494. The fraction of sp³-hybridized carbons (Fsp3) is 0.583. The standard InChI is InChI=1S/C12H17BrN4O3/c1-15(3-4-20-2)10-7-16(8-10)12-11(17(18)19)5-9(13)6-14-12/h5-6,10H,3-4,7-8H2,1-2H3. The van der Waals surface area contributed by atoms with Crippen molar-refractivity contribution in [1.82, 2.24) is 9.88 Å². The molecule has 0 aliphatic carbocycles. The van der Waals surface area contributed by atoms with E-state index in [1.165, 1.54) is 6.07 Å². The third-order valence-electron chi connectivity index (χ3n) is 3.44. The van der Waals surface area contributed by atoms with E-state index in [1.54, 1.807) is 13.3 Å². The predicted molar refractivity (Wildman–Crippen MR) is 79.1 cm³/mol. The fourth-order valence-electron chi connectivity index (χ4n) is 2.12. The van der Waals surface area contributed by atoms with Gasteiger partial charge in [0.2, 0.25) is 5.82 Å². The minimum absolute atomic E-state index is 0.0392. The second-order valence-corrected chi connectivity index (χ2v) is 5.70. The Morgan fingerprint density at radius 3 is 2.95 bits per heavy atom. The molecule has 0 aromatic carbocycles. The van der Waals surface area contributed by atoms with Crippen LogP contribution >= 0.6 is 15.9 Å². The van der Waals surface area contributed by atoms with Gasteiger partial charge in [-0.3, -0.25) is 15.0 Å². The minimum atomic E-state index is -0.394. The Balaban J connectivity index is 2.00. The third kappa shape index (κ3) is 3.25. The molecule has 0 spiro atoms. The smallest absolute Gasteiger partial charge is 0.312 e. The second-order valence-electron chi connectivity index (χ2n) is 4.79. The molecule has 1 aliphatic rings. The number of likely N-dealkylation sites (N-methyl/N-ethyl adjacent to an activating group) is 1. The molecule has 1 aromatic heterocycles. The summed E-state index contributed by atoms with van der Waals surface area (Å²) >= 11 is 3.21. The van der Waals surface area contributed by atoms with Crippen molar-refractivity contribution >= 4 is 27.4 Å². The summed E-state index contributed by atoms with van der Waals surface area (Å²) in [6.45, 7) is 3.03. The first-order chi connectivity index (χ1) is 9.52. The highest BCUT2D eigenvalue weighted by Crippen LogP contribution is 2.32. The van der Waals surface area contributed by atoms with E-state index in [0.29, 0.717) is 22.9 Å². The maximum absolute atomic E-state index is 11.1. The average Bonchev–Trinajstić information content (AvgIpc) is 2.36. The molecule has 0 amide bonds. The molecule has 0 radical (unpaired) electrons. The molecule has 0 N–H and O–H groups in total. The van der Waals surface area contributed by atoms with Crippen molar-refractivity contribution in [2.24, 2.45) is 0 Å². The van der Waals surface area contributed by atoms with Crippen LogP contribution in [0.2, 0.25) is 0 Å². The molecule has 0 saturated carbocycles. The summed E-state index contributed by atoms with van der Waals surface area (Å²) in [5, 5.41) is 11.1. The number of aromatic nitrogens is 1. The van der Waals surface area contributed by atoms with Gasteiger partial charge in [0.25, 0.3) is 0 Å². The van der Waals surface area contributed by atoms with E-state index in [-0.39, 0.29) is 5.69 Å². The van der Waals surface area contributed by atoms with E-state index in [4.69, 9.17) is 4.74 Å². The summed E-state index contributed by atoms with van der Waals surface area (Å²) in [5.74, 6) is 0.439. The number of ether oxygens (including phenoxy) is 1. The highest BCUT2D eigenvalue weighted by atomic mass is 79.9. The molecule has 0 bridgehead atoms. The van der Waals surface area contributed by atoms with E-state index >= 15 is 0 Å². The molecular formula is C12H17BrN4O3. The van der Waals surface area contributed by atoms with Crippen molar-refractivity contribution in [3.63, 3.8) is 0 Å². The molecular weight excluding hydrogens is 328 g/mol. The first kappa shape index (κ1) is 15.1. The highest BCUT2D eigenvalue weighted by Gasteiger charge is 2.34. The quantitative estimate of drug-likeness (QED) is 0.575.